The molecule has 2 rings (SSSR count). The lowest BCUT2D eigenvalue weighted by Crippen LogP contribution is -2.06. The number of nitrogens with zero attached hydrogens (tertiary/aromatic N) is 2. The highest BCUT2D eigenvalue weighted by Gasteiger charge is 2.14. The summed E-state index contributed by atoms with van der Waals surface area (Å²) in [5.74, 6) is 0.730. The van der Waals surface area contributed by atoms with E-state index >= 15 is 0 Å². The second kappa shape index (κ2) is 5.29. The van der Waals surface area contributed by atoms with Crippen molar-refractivity contribution in [3.8, 4) is 5.69 Å². The van der Waals surface area contributed by atoms with E-state index in [9.17, 15) is 0 Å². The molecule has 0 aliphatic heterocycles. The molecule has 1 heterocycles. The first-order valence-corrected chi connectivity index (χ1v) is 7.36. The first-order valence-electron chi connectivity index (χ1n) is 6.48. The van der Waals surface area contributed by atoms with E-state index < -0.39 is 0 Å². The van der Waals surface area contributed by atoms with Crippen molar-refractivity contribution in [1.82, 2.24) is 9.78 Å². The van der Waals surface area contributed by atoms with Gasteiger partial charge in [0.25, 0.3) is 0 Å². The van der Waals surface area contributed by atoms with E-state index in [4.69, 9.17) is 5.73 Å². The molecule has 2 N–H and O–H groups in total. The predicted molar refractivity (Wildman–Crippen MR) is 83.2 cm³/mol. The van der Waals surface area contributed by atoms with E-state index in [-0.39, 0.29) is 0 Å². The van der Waals surface area contributed by atoms with E-state index in [1.807, 2.05) is 10.9 Å². The van der Waals surface area contributed by atoms with Gasteiger partial charge in [0.2, 0.25) is 0 Å². The van der Waals surface area contributed by atoms with Gasteiger partial charge in [-0.3, -0.25) is 0 Å². The molecule has 0 saturated heterocycles. The number of aryl methyl sites for hydroxylation is 3. The quantitative estimate of drug-likeness (QED) is 0.864. The average molecular weight is 275 g/mol. The number of aromatic nitrogens is 2. The van der Waals surface area contributed by atoms with Crippen molar-refractivity contribution in [1.29, 1.82) is 0 Å². The fourth-order valence-electron chi connectivity index (χ4n) is 2.37. The van der Waals surface area contributed by atoms with Crippen LogP contribution < -0.4 is 5.73 Å². The number of hydrogen-bond acceptors (Lipinski definition) is 3. The van der Waals surface area contributed by atoms with Crippen molar-refractivity contribution in [2.24, 2.45) is 0 Å². The van der Waals surface area contributed by atoms with E-state index in [1.165, 1.54) is 16.7 Å². The lowest BCUT2D eigenvalue weighted by atomic mass is 10.1. The number of benzene rings is 1. The summed E-state index contributed by atoms with van der Waals surface area (Å²) in [5, 5.41) is 4.96. The third kappa shape index (κ3) is 2.78. The molecule has 0 amide bonds. The minimum atomic E-state index is 0.500. The van der Waals surface area contributed by atoms with Crippen LogP contribution in [0.15, 0.2) is 23.2 Å². The van der Waals surface area contributed by atoms with Crippen molar-refractivity contribution in [3.05, 3.63) is 35.0 Å². The monoisotopic (exact) mass is 275 g/mol. The maximum Gasteiger partial charge on any atom is 0.140 e. The average Bonchev–Trinajstić information content (AvgIpc) is 2.60. The van der Waals surface area contributed by atoms with Crippen LogP contribution >= 0.6 is 11.8 Å². The van der Waals surface area contributed by atoms with Gasteiger partial charge in [0, 0.05) is 5.25 Å². The maximum atomic E-state index is 6.24. The van der Waals surface area contributed by atoms with Crippen LogP contribution in [0.25, 0.3) is 5.69 Å². The molecule has 0 saturated carbocycles. The second-order valence-corrected chi connectivity index (χ2v) is 6.84. The molecule has 1 aromatic carbocycles. The minimum Gasteiger partial charge on any atom is -0.383 e. The summed E-state index contributed by atoms with van der Waals surface area (Å²) in [6.07, 6.45) is 1.86. The summed E-state index contributed by atoms with van der Waals surface area (Å²) in [6.45, 7) is 10.6. The third-order valence-corrected chi connectivity index (χ3v) is 4.02. The van der Waals surface area contributed by atoms with Crippen LogP contribution in [0.1, 0.15) is 30.5 Å². The van der Waals surface area contributed by atoms with Gasteiger partial charge in [0.05, 0.1) is 16.8 Å². The second-order valence-electron chi connectivity index (χ2n) is 5.22. The topological polar surface area (TPSA) is 43.8 Å². The molecule has 3 nitrogen and oxygen atoms in total. The standard InChI is InChI=1S/C15H21N3S/c1-9(2)19-13-8-17-18(15(13)16)14-11(4)6-10(3)7-12(14)5/h6-9H,16H2,1-5H3. The van der Waals surface area contributed by atoms with Gasteiger partial charge >= 0.3 is 0 Å². The zero-order valence-corrected chi connectivity index (χ0v) is 13.0. The van der Waals surface area contributed by atoms with Gasteiger partial charge in [-0.15, -0.1) is 11.8 Å². The molecule has 0 aliphatic rings. The molecule has 1 aromatic heterocycles. The highest BCUT2D eigenvalue weighted by molar-refractivity contribution is 8.00. The van der Waals surface area contributed by atoms with Gasteiger partial charge in [0.1, 0.15) is 5.82 Å². The largest absolute Gasteiger partial charge is 0.383 e. The summed E-state index contributed by atoms with van der Waals surface area (Å²) in [4.78, 5) is 1.05. The van der Waals surface area contributed by atoms with E-state index in [2.05, 4.69) is 51.9 Å². The van der Waals surface area contributed by atoms with E-state index in [0.717, 1.165) is 16.4 Å². The third-order valence-electron chi connectivity index (χ3n) is 2.98. The van der Waals surface area contributed by atoms with Crippen molar-refractivity contribution in [2.45, 2.75) is 44.8 Å². The van der Waals surface area contributed by atoms with Gasteiger partial charge in [-0.2, -0.15) is 5.10 Å². The molecule has 0 atom stereocenters. The van der Waals surface area contributed by atoms with Crippen molar-refractivity contribution >= 4 is 17.6 Å². The van der Waals surface area contributed by atoms with Gasteiger partial charge in [-0.25, -0.2) is 4.68 Å². The molecule has 0 radical (unpaired) electrons. The normalized spacial score (nSPS) is 11.3. The Morgan fingerprint density at radius 3 is 2.26 bits per heavy atom. The van der Waals surface area contributed by atoms with Gasteiger partial charge in [-0.05, 0) is 31.9 Å². The number of nitrogen functional groups attached to an aromatic ring is 1. The Balaban J connectivity index is 2.51. The first-order chi connectivity index (χ1) is 8.90. The van der Waals surface area contributed by atoms with Crippen LogP contribution in [0.2, 0.25) is 0 Å². The molecule has 0 aliphatic carbocycles. The van der Waals surface area contributed by atoms with E-state index in [0.29, 0.717) is 5.25 Å². The fraction of sp³-hybridized carbons (Fsp3) is 0.400. The van der Waals surface area contributed by atoms with E-state index in [1.54, 1.807) is 11.8 Å². The van der Waals surface area contributed by atoms with Crippen LogP contribution in [0.4, 0.5) is 5.82 Å². The summed E-state index contributed by atoms with van der Waals surface area (Å²) in [7, 11) is 0. The molecule has 0 fully saturated rings. The van der Waals surface area contributed by atoms with Crippen molar-refractivity contribution in [3.63, 3.8) is 0 Å². The first kappa shape index (κ1) is 14.0. The molecule has 19 heavy (non-hydrogen) atoms. The van der Waals surface area contributed by atoms with Crippen LogP contribution in [0.3, 0.4) is 0 Å². The Morgan fingerprint density at radius 1 is 1.16 bits per heavy atom. The molecule has 4 heteroatoms. The van der Waals surface area contributed by atoms with Gasteiger partial charge in [-0.1, -0.05) is 31.5 Å². The van der Waals surface area contributed by atoms with Crippen LogP contribution in [0.5, 0.6) is 0 Å². The minimum absolute atomic E-state index is 0.500. The predicted octanol–water partition coefficient (Wildman–Crippen LogP) is 3.88. The Labute approximate surface area is 119 Å². The Morgan fingerprint density at radius 2 is 1.74 bits per heavy atom. The number of thioether (sulfide) groups is 1. The summed E-state index contributed by atoms with van der Waals surface area (Å²) >= 11 is 1.75. The number of rotatable bonds is 3. The molecule has 0 bridgehead atoms. The molecule has 102 valence electrons. The highest BCUT2D eigenvalue weighted by Crippen LogP contribution is 2.31. The van der Waals surface area contributed by atoms with Crippen LogP contribution in [0, 0.1) is 20.8 Å². The van der Waals surface area contributed by atoms with Crippen molar-refractivity contribution < 1.29 is 0 Å². The summed E-state index contributed by atoms with van der Waals surface area (Å²) in [6, 6.07) is 4.33. The number of anilines is 1. The van der Waals surface area contributed by atoms with Crippen LogP contribution in [-0.4, -0.2) is 15.0 Å². The zero-order valence-electron chi connectivity index (χ0n) is 12.2. The highest BCUT2D eigenvalue weighted by atomic mass is 32.2. The number of nitrogens with two attached hydrogens (primary N) is 1. The Hall–Kier alpha value is -1.42. The summed E-state index contributed by atoms with van der Waals surface area (Å²) < 4.78 is 1.86. The van der Waals surface area contributed by atoms with Crippen LogP contribution in [-0.2, 0) is 0 Å². The fourth-order valence-corrected chi connectivity index (χ4v) is 3.20. The maximum absolute atomic E-state index is 6.24. The summed E-state index contributed by atoms with van der Waals surface area (Å²) in [5.41, 5.74) is 11.0. The Bertz CT molecular complexity index is 576. The smallest absolute Gasteiger partial charge is 0.140 e. The van der Waals surface area contributed by atoms with Gasteiger partial charge < -0.3 is 5.73 Å². The number of hydrogen-bond donors (Lipinski definition) is 1. The molecular weight excluding hydrogens is 254 g/mol. The molecule has 0 unspecified atom stereocenters. The molecule has 2 aromatic rings. The Kier molecular flexibility index (Phi) is 3.90. The zero-order chi connectivity index (χ0) is 14.2. The van der Waals surface area contributed by atoms with Gasteiger partial charge in [0.15, 0.2) is 0 Å². The molecule has 0 spiro atoms. The lowest BCUT2D eigenvalue weighted by molar-refractivity contribution is 0.873. The van der Waals surface area contributed by atoms with Crippen molar-refractivity contribution in [2.75, 3.05) is 5.73 Å². The molecular formula is C15H21N3S. The lowest BCUT2D eigenvalue weighted by Gasteiger charge is -2.13. The SMILES string of the molecule is Cc1cc(C)c(-n2ncc(SC(C)C)c2N)c(C)c1.